The van der Waals surface area contributed by atoms with Gasteiger partial charge in [-0.15, -0.1) is 0 Å². The van der Waals surface area contributed by atoms with Crippen LogP contribution in [0, 0.1) is 0 Å². The van der Waals surface area contributed by atoms with Crippen LogP contribution in [0.3, 0.4) is 0 Å². The molecule has 26 heavy (non-hydrogen) atoms. The normalized spacial score (nSPS) is 11.3. The van der Waals surface area contributed by atoms with Crippen LogP contribution in [0.5, 0.6) is 0 Å². The number of benzene rings is 1. The van der Waals surface area contributed by atoms with Crippen LogP contribution in [0.25, 0.3) is 0 Å². The van der Waals surface area contributed by atoms with Gasteiger partial charge in [0.25, 0.3) is 0 Å². The number of hydrogen-bond donors (Lipinski definition) is 0. The Morgan fingerprint density at radius 1 is 0.615 bits per heavy atom. The van der Waals surface area contributed by atoms with E-state index < -0.39 is 0 Å². The molecule has 7 heteroatoms. The molecule has 1 aromatic rings. The second-order valence-corrected chi connectivity index (χ2v) is 7.75. The van der Waals surface area contributed by atoms with Gasteiger partial charge in [0, 0.05) is 28.5 Å². The van der Waals surface area contributed by atoms with E-state index in [9.17, 15) is 0 Å². The number of ether oxygens (including phenoxy) is 4. The van der Waals surface area contributed by atoms with Gasteiger partial charge in [0.2, 0.25) is 0 Å². The topological polar surface area (TPSA) is 40.2 Å². The lowest BCUT2D eigenvalue weighted by Crippen LogP contribution is -2.31. The zero-order chi connectivity index (χ0) is 18.7. The van der Waals surface area contributed by atoms with Crippen molar-refractivity contribution < 1.29 is 18.9 Å². The monoisotopic (exact) mass is 591 g/mol. The molecule has 0 bridgehead atoms. The van der Waals surface area contributed by atoms with Gasteiger partial charge in [-0.1, -0.05) is 75.5 Å². The Kier molecular flexibility index (Phi) is 17.8. The molecule has 0 unspecified atom stereocenters. The van der Waals surface area contributed by atoms with Crippen LogP contribution in [0.15, 0.2) is 30.3 Å². The summed E-state index contributed by atoms with van der Waals surface area (Å²) in [6, 6.07) is 10.5. The average molecular weight is 591 g/mol. The minimum absolute atomic E-state index is 0.653. The summed E-state index contributed by atoms with van der Waals surface area (Å²) in [4.78, 5) is 2.37. The molecule has 0 heterocycles. The van der Waals surface area contributed by atoms with E-state index in [0.717, 1.165) is 41.7 Å². The molecule has 0 aliphatic carbocycles. The Labute approximate surface area is 185 Å². The highest BCUT2D eigenvalue weighted by molar-refractivity contribution is 14.1. The molecule has 0 spiro atoms. The van der Waals surface area contributed by atoms with E-state index in [0.29, 0.717) is 39.6 Å². The molecule has 0 aromatic heterocycles. The van der Waals surface area contributed by atoms with Crippen LogP contribution in [0.4, 0.5) is 0 Å². The summed E-state index contributed by atoms with van der Waals surface area (Å²) in [5.74, 6) is 0. The van der Waals surface area contributed by atoms with Gasteiger partial charge in [0.05, 0.1) is 52.9 Å². The first-order valence-corrected chi connectivity index (χ1v) is 12.1. The fourth-order valence-electron chi connectivity index (χ4n) is 2.25. The van der Waals surface area contributed by atoms with Crippen LogP contribution in [-0.4, -0.2) is 79.7 Å². The number of rotatable bonds is 18. The van der Waals surface area contributed by atoms with E-state index in [1.807, 2.05) is 6.07 Å². The maximum absolute atomic E-state index is 5.69. The maximum Gasteiger partial charge on any atom is 0.0701 e. The molecule has 0 saturated heterocycles. The van der Waals surface area contributed by atoms with E-state index >= 15 is 0 Å². The lowest BCUT2D eigenvalue weighted by Gasteiger charge is -2.22. The van der Waals surface area contributed by atoms with Gasteiger partial charge in [0.1, 0.15) is 0 Å². The summed E-state index contributed by atoms with van der Waals surface area (Å²) >= 11 is 4.61. The van der Waals surface area contributed by atoms with Gasteiger partial charge in [-0.05, 0) is 5.56 Å². The lowest BCUT2D eigenvalue weighted by atomic mass is 10.2. The van der Waals surface area contributed by atoms with E-state index in [1.165, 1.54) is 5.56 Å². The molecule has 0 fully saturated rings. The highest BCUT2D eigenvalue weighted by atomic mass is 127. The Bertz CT molecular complexity index is 394. The summed E-state index contributed by atoms with van der Waals surface area (Å²) in [7, 11) is 0. The lowest BCUT2D eigenvalue weighted by molar-refractivity contribution is 0.0266. The summed E-state index contributed by atoms with van der Waals surface area (Å²) in [6.45, 7) is 8.32. The molecule has 0 amide bonds. The van der Waals surface area contributed by atoms with Crippen molar-refractivity contribution in [1.29, 1.82) is 0 Å². The van der Waals surface area contributed by atoms with Crippen LogP contribution >= 0.6 is 45.2 Å². The standard InChI is InChI=1S/C19H31I2NO4/c20-6-10-23-14-16-25-12-8-22(18-19-4-2-1-3-5-19)9-13-26-17-15-24-11-7-21/h1-5H,6-18H2. The molecule has 0 radical (unpaired) electrons. The Hall–Kier alpha value is 0.480. The summed E-state index contributed by atoms with van der Waals surface area (Å²) in [5, 5.41) is 0. The molecule has 1 aromatic carbocycles. The van der Waals surface area contributed by atoms with Crippen LogP contribution in [0.2, 0.25) is 0 Å². The van der Waals surface area contributed by atoms with Crippen LogP contribution < -0.4 is 0 Å². The number of hydrogen-bond acceptors (Lipinski definition) is 5. The fourth-order valence-corrected chi connectivity index (χ4v) is 2.87. The zero-order valence-corrected chi connectivity index (χ0v) is 19.7. The van der Waals surface area contributed by atoms with Gasteiger partial charge in [-0.3, -0.25) is 4.90 Å². The van der Waals surface area contributed by atoms with Crippen molar-refractivity contribution in [2.24, 2.45) is 0 Å². The van der Waals surface area contributed by atoms with Crippen molar-refractivity contribution in [2.75, 3.05) is 74.8 Å². The highest BCUT2D eigenvalue weighted by Crippen LogP contribution is 2.04. The number of alkyl halides is 2. The van der Waals surface area contributed by atoms with E-state index in [4.69, 9.17) is 18.9 Å². The third kappa shape index (κ3) is 14.5. The predicted molar refractivity (Wildman–Crippen MR) is 123 cm³/mol. The smallest absolute Gasteiger partial charge is 0.0701 e. The quantitative estimate of drug-likeness (QED) is 0.149. The molecule has 0 saturated carbocycles. The van der Waals surface area contributed by atoms with Crippen LogP contribution in [0.1, 0.15) is 5.56 Å². The third-order valence-electron chi connectivity index (χ3n) is 3.54. The Morgan fingerprint density at radius 3 is 1.54 bits per heavy atom. The van der Waals surface area contributed by atoms with Crippen molar-refractivity contribution in [3.63, 3.8) is 0 Å². The van der Waals surface area contributed by atoms with E-state index in [-0.39, 0.29) is 0 Å². The summed E-state index contributed by atoms with van der Waals surface area (Å²) < 4.78 is 24.3. The molecule has 1 rings (SSSR count). The van der Waals surface area contributed by atoms with Gasteiger partial charge in [0.15, 0.2) is 0 Å². The van der Waals surface area contributed by atoms with Crippen molar-refractivity contribution in [1.82, 2.24) is 4.90 Å². The van der Waals surface area contributed by atoms with Gasteiger partial charge in [-0.25, -0.2) is 0 Å². The largest absolute Gasteiger partial charge is 0.378 e. The molecule has 5 nitrogen and oxygen atoms in total. The van der Waals surface area contributed by atoms with Gasteiger partial charge < -0.3 is 18.9 Å². The summed E-state index contributed by atoms with van der Waals surface area (Å²) in [5.41, 5.74) is 1.31. The minimum atomic E-state index is 0.653. The molecule has 0 aliphatic heterocycles. The molecule has 150 valence electrons. The third-order valence-corrected chi connectivity index (χ3v) is 4.42. The van der Waals surface area contributed by atoms with Crippen molar-refractivity contribution in [2.45, 2.75) is 6.54 Å². The average Bonchev–Trinajstić information content (AvgIpc) is 2.67. The van der Waals surface area contributed by atoms with Gasteiger partial charge >= 0.3 is 0 Å². The fraction of sp³-hybridized carbons (Fsp3) is 0.684. The first-order valence-electron chi connectivity index (χ1n) is 9.06. The first kappa shape index (κ1) is 24.5. The maximum atomic E-state index is 5.69. The van der Waals surface area contributed by atoms with Crippen molar-refractivity contribution in [3.8, 4) is 0 Å². The second kappa shape index (κ2) is 18.8. The zero-order valence-electron chi connectivity index (χ0n) is 15.4. The van der Waals surface area contributed by atoms with Gasteiger partial charge in [-0.2, -0.15) is 0 Å². The second-order valence-electron chi connectivity index (χ2n) is 5.59. The number of nitrogens with zero attached hydrogens (tertiary/aromatic N) is 1. The minimum Gasteiger partial charge on any atom is -0.378 e. The molecule has 0 N–H and O–H groups in total. The predicted octanol–water partition coefficient (Wildman–Crippen LogP) is 3.43. The summed E-state index contributed by atoms with van der Waals surface area (Å²) in [6.07, 6.45) is 0. The van der Waals surface area contributed by atoms with E-state index in [2.05, 4.69) is 74.3 Å². The SMILES string of the molecule is ICCOCCOCCN(CCOCCOCCI)Cc1ccccc1. The van der Waals surface area contributed by atoms with Crippen molar-refractivity contribution >= 4 is 45.2 Å². The Balaban J connectivity index is 2.21. The van der Waals surface area contributed by atoms with Crippen LogP contribution in [-0.2, 0) is 25.5 Å². The molecule has 0 aliphatic rings. The highest BCUT2D eigenvalue weighted by Gasteiger charge is 2.06. The first-order chi connectivity index (χ1) is 12.9. The molecular weight excluding hydrogens is 560 g/mol. The molecule has 0 atom stereocenters. The van der Waals surface area contributed by atoms with Crippen molar-refractivity contribution in [3.05, 3.63) is 35.9 Å². The number of halogens is 2. The molecular formula is C19H31I2NO4. The Morgan fingerprint density at radius 2 is 1.08 bits per heavy atom. The van der Waals surface area contributed by atoms with E-state index in [1.54, 1.807) is 0 Å².